The Kier molecular flexibility index (Phi) is 5.74. The van der Waals surface area contributed by atoms with Crippen LogP contribution in [0.3, 0.4) is 0 Å². The summed E-state index contributed by atoms with van der Waals surface area (Å²) in [4.78, 5) is 30.5. The molecule has 0 atom stereocenters. The molecule has 0 aliphatic carbocycles. The maximum Gasteiger partial charge on any atom is 0.271 e. The summed E-state index contributed by atoms with van der Waals surface area (Å²) in [6.07, 6.45) is 0. The summed E-state index contributed by atoms with van der Waals surface area (Å²) in [5, 5.41) is 19.7. The van der Waals surface area contributed by atoms with Gasteiger partial charge in [-0.3, -0.25) is 9.59 Å². The van der Waals surface area contributed by atoms with Crippen molar-refractivity contribution >= 4 is 50.9 Å². The molecule has 10 heteroatoms. The van der Waals surface area contributed by atoms with Crippen LogP contribution in [-0.4, -0.2) is 45.3 Å². The van der Waals surface area contributed by atoms with Crippen LogP contribution in [0.1, 0.15) is 32.0 Å². The van der Waals surface area contributed by atoms with Crippen LogP contribution in [0.5, 0.6) is 5.75 Å². The van der Waals surface area contributed by atoms with Crippen LogP contribution in [0.25, 0.3) is 33.1 Å². The smallest absolute Gasteiger partial charge is 0.271 e. The number of halogens is 1. The lowest BCUT2D eigenvalue weighted by Crippen LogP contribution is -2.24. The molecule has 0 saturated heterocycles. The average molecular weight is 528 g/mol. The van der Waals surface area contributed by atoms with E-state index in [1.807, 2.05) is 37.3 Å². The molecule has 0 bridgehead atoms. The second kappa shape index (κ2) is 9.13. The molecular formula is C28H22ClN5O4. The van der Waals surface area contributed by atoms with Gasteiger partial charge >= 0.3 is 0 Å². The van der Waals surface area contributed by atoms with Crippen molar-refractivity contribution in [3.63, 3.8) is 0 Å². The molecule has 4 N–H and O–H groups in total. The largest absolute Gasteiger partial charge is 0.491 e. The van der Waals surface area contributed by atoms with Gasteiger partial charge in [0.15, 0.2) is 5.69 Å². The molecule has 2 amide bonds. The Bertz CT molecular complexity index is 1780. The van der Waals surface area contributed by atoms with Crippen molar-refractivity contribution in [2.24, 2.45) is 5.73 Å². The molecule has 38 heavy (non-hydrogen) atoms. The number of nitrogens with two attached hydrogens (primary N) is 1. The molecule has 0 fully saturated rings. The van der Waals surface area contributed by atoms with Crippen LogP contribution in [0.2, 0.25) is 5.02 Å². The lowest BCUT2D eigenvalue weighted by atomic mass is 9.99. The van der Waals surface area contributed by atoms with Crippen LogP contribution < -0.4 is 15.4 Å². The molecule has 9 nitrogen and oxygen atoms in total. The first kappa shape index (κ1) is 23.9. The number of ether oxygens (including phenoxy) is 1. The van der Waals surface area contributed by atoms with E-state index in [9.17, 15) is 9.59 Å². The zero-order valence-electron chi connectivity index (χ0n) is 20.3. The minimum Gasteiger partial charge on any atom is -0.491 e. The third-order valence-electron chi connectivity index (χ3n) is 6.81. The number of benzene rings is 3. The highest BCUT2D eigenvalue weighted by atomic mass is 35.5. The van der Waals surface area contributed by atoms with Crippen LogP contribution >= 0.6 is 11.6 Å². The number of H-pyrrole nitrogens is 1. The van der Waals surface area contributed by atoms with E-state index in [4.69, 9.17) is 27.2 Å². The number of rotatable bonds is 6. The first-order valence-electron chi connectivity index (χ1n) is 11.9. The Balaban J connectivity index is 1.52. The standard InChI is InChI=1S/C28H22ClN5O4/c1-14-18(3-2-4-22(14)34-13-15-5-6-16(29)11-20(15)28(34)37)24-23-19-8-7-17(38-10-9-35)12-21(19)31-25(23)26(27(30)36)33-32-24/h2-8,11-12,31,35H,9-10,13H2,1H3,(H2,30,36). The molecule has 0 saturated carbocycles. The summed E-state index contributed by atoms with van der Waals surface area (Å²) in [5.41, 5.74) is 11.2. The second-order valence-electron chi connectivity index (χ2n) is 9.06. The van der Waals surface area contributed by atoms with Gasteiger partial charge in [-0.25, -0.2) is 0 Å². The van der Waals surface area contributed by atoms with Crippen molar-refractivity contribution in [2.45, 2.75) is 13.5 Å². The van der Waals surface area contributed by atoms with Crippen molar-refractivity contribution in [3.8, 4) is 17.0 Å². The fourth-order valence-electron chi connectivity index (χ4n) is 5.05. The Morgan fingerprint density at radius 2 is 2.00 bits per heavy atom. The lowest BCUT2D eigenvalue weighted by molar-refractivity contribution is 0.0988. The topological polar surface area (TPSA) is 134 Å². The molecule has 0 unspecified atom stereocenters. The Morgan fingerprint density at radius 3 is 2.79 bits per heavy atom. The van der Waals surface area contributed by atoms with Crippen LogP contribution in [-0.2, 0) is 6.54 Å². The van der Waals surface area contributed by atoms with E-state index in [2.05, 4.69) is 15.2 Å². The number of anilines is 1. The van der Waals surface area contributed by atoms with Gasteiger partial charge in [0.2, 0.25) is 0 Å². The number of fused-ring (bicyclic) bond motifs is 4. The highest BCUT2D eigenvalue weighted by molar-refractivity contribution is 6.31. The van der Waals surface area contributed by atoms with Crippen LogP contribution in [0.15, 0.2) is 54.6 Å². The molecule has 3 aromatic carbocycles. The zero-order valence-corrected chi connectivity index (χ0v) is 21.0. The molecule has 0 radical (unpaired) electrons. The third kappa shape index (κ3) is 3.75. The highest BCUT2D eigenvalue weighted by Crippen LogP contribution is 2.40. The Hall–Kier alpha value is -4.47. The van der Waals surface area contributed by atoms with Gasteiger partial charge < -0.3 is 25.5 Å². The normalized spacial score (nSPS) is 12.9. The third-order valence-corrected chi connectivity index (χ3v) is 7.05. The quantitative estimate of drug-likeness (QED) is 0.300. The Labute approximate surface area is 221 Å². The van der Waals surface area contributed by atoms with Gasteiger partial charge in [-0.15, -0.1) is 10.2 Å². The molecule has 0 spiro atoms. The average Bonchev–Trinajstić information content (AvgIpc) is 3.44. The molecule has 2 aromatic heterocycles. The Morgan fingerprint density at radius 1 is 1.16 bits per heavy atom. The maximum absolute atomic E-state index is 13.3. The molecule has 1 aliphatic rings. The van der Waals surface area contributed by atoms with Crippen molar-refractivity contribution in [1.82, 2.24) is 15.2 Å². The van der Waals surface area contributed by atoms with E-state index >= 15 is 0 Å². The number of nitrogens with zero attached hydrogens (tertiary/aromatic N) is 3. The van der Waals surface area contributed by atoms with E-state index in [-0.39, 0.29) is 24.8 Å². The van der Waals surface area contributed by atoms with E-state index in [1.165, 1.54) is 0 Å². The number of carbonyl (C=O) groups is 2. The van der Waals surface area contributed by atoms with E-state index in [0.29, 0.717) is 45.0 Å². The fraction of sp³-hybridized carbons (Fsp3) is 0.143. The number of aromatic amines is 1. The predicted molar refractivity (Wildman–Crippen MR) is 145 cm³/mol. The summed E-state index contributed by atoms with van der Waals surface area (Å²) in [5.74, 6) is -0.265. The second-order valence-corrected chi connectivity index (χ2v) is 9.49. The fourth-order valence-corrected chi connectivity index (χ4v) is 5.23. The van der Waals surface area contributed by atoms with E-state index in [0.717, 1.165) is 27.8 Å². The summed E-state index contributed by atoms with van der Waals surface area (Å²) < 4.78 is 5.55. The molecule has 6 rings (SSSR count). The summed E-state index contributed by atoms with van der Waals surface area (Å²) in [6.45, 7) is 2.41. The van der Waals surface area contributed by atoms with Gasteiger partial charge in [-0.1, -0.05) is 29.8 Å². The van der Waals surface area contributed by atoms with Gasteiger partial charge in [0.05, 0.1) is 24.2 Å². The predicted octanol–water partition coefficient (Wildman–Crippen LogP) is 4.37. The first-order chi connectivity index (χ1) is 18.4. The van der Waals surface area contributed by atoms with Crippen molar-refractivity contribution in [3.05, 3.63) is 82.0 Å². The highest BCUT2D eigenvalue weighted by Gasteiger charge is 2.30. The first-order valence-corrected chi connectivity index (χ1v) is 12.3. The van der Waals surface area contributed by atoms with Gasteiger partial charge in [0, 0.05) is 38.7 Å². The monoisotopic (exact) mass is 527 g/mol. The van der Waals surface area contributed by atoms with Gasteiger partial charge in [0.25, 0.3) is 11.8 Å². The number of hydrogen-bond acceptors (Lipinski definition) is 6. The van der Waals surface area contributed by atoms with E-state index < -0.39 is 5.91 Å². The number of aliphatic hydroxyl groups excluding tert-OH is 1. The minimum atomic E-state index is -0.707. The van der Waals surface area contributed by atoms with Crippen molar-refractivity contribution < 1.29 is 19.4 Å². The zero-order chi connectivity index (χ0) is 26.6. The number of hydrogen-bond donors (Lipinski definition) is 3. The SMILES string of the molecule is Cc1c(-c2nnc(C(N)=O)c3[nH]c4cc(OCCO)ccc4c23)cccc1N1Cc2ccc(Cl)cc2C1=O. The number of aromatic nitrogens is 3. The van der Waals surface area contributed by atoms with Crippen molar-refractivity contribution in [1.29, 1.82) is 0 Å². The van der Waals surface area contributed by atoms with Gasteiger partial charge in [-0.05, 0) is 48.4 Å². The molecular weight excluding hydrogens is 506 g/mol. The van der Waals surface area contributed by atoms with Gasteiger partial charge in [-0.2, -0.15) is 0 Å². The van der Waals surface area contributed by atoms with Crippen molar-refractivity contribution in [2.75, 3.05) is 18.1 Å². The molecule has 190 valence electrons. The number of primary amides is 1. The lowest BCUT2D eigenvalue weighted by Gasteiger charge is -2.20. The van der Waals surface area contributed by atoms with Crippen LogP contribution in [0.4, 0.5) is 5.69 Å². The summed E-state index contributed by atoms with van der Waals surface area (Å²) in [6, 6.07) is 16.5. The molecule has 1 aliphatic heterocycles. The van der Waals surface area contributed by atoms with Crippen LogP contribution in [0, 0.1) is 6.92 Å². The number of amides is 2. The number of aliphatic hydroxyl groups is 1. The summed E-state index contributed by atoms with van der Waals surface area (Å²) in [7, 11) is 0. The molecule has 5 aromatic rings. The molecule has 3 heterocycles. The number of nitrogens with one attached hydrogen (secondary N) is 1. The van der Waals surface area contributed by atoms with E-state index in [1.54, 1.807) is 29.2 Å². The minimum absolute atomic E-state index is 0.0219. The maximum atomic E-state index is 13.3. The summed E-state index contributed by atoms with van der Waals surface area (Å²) >= 11 is 6.14. The number of carbonyl (C=O) groups excluding carboxylic acids is 2. The van der Waals surface area contributed by atoms with Gasteiger partial charge in [0.1, 0.15) is 18.1 Å².